The molecule has 0 radical (unpaired) electrons. The summed E-state index contributed by atoms with van der Waals surface area (Å²) in [6.07, 6.45) is 2.86. The topological polar surface area (TPSA) is 100 Å². The van der Waals surface area contributed by atoms with E-state index in [0.717, 1.165) is 15.4 Å². The van der Waals surface area contributed by atoms with Gasteiger partial charge in [0, 0.05) is 40.3 Å². The number of hydrogen-bond donors (Lipinski definition) is 3. The first-order chi connectivity index (χ1) is 14.4. The van der Waals surface area contributed by atoms with Gasteiger partial charge in [-0.05, 0) is 32.0 Å². The maximum atomic E-state index is 12.3. The summed E-state index contributed by atoms with van der Waals surface area (Å²) in [6, 6.07) is 9.24. The van der Waals surface area contributed by atoms with Crippen molar-refractivity contribution in [3.05, 3.63) is 58.3 Å². The Kier molecular flexibility index (Phi) is 5.99. The van der Waals surface area contributed by atoms with Gasteiger partial charge in [0.15, 0.2) is 0 Å². The van der Waals surface area contributed by atoms with Crippen LogP contribution in [0.1, 0.15) is 36.4 Å². The number of thiazole rings is 1. The van der Waals surface area contributed by atoms with Crippen LogP contribution in [0, 0.1) is 5.92 Å². The van der Waals surface area contributed by atoms with Gasteiger partial charge >= 0.3 is 0 Å². The molecular weight excluding hydrogens is 422 g/mol. The van der Waals surface area contributed by atoms with E-state index in [0.29, 0.717) is 23.2 Å². The van der Waals surface area contributed by atoms with Crippen molar-refractivity contribution in [2.24, 2.45) is 5.92 Å². The molecule has 1 unspecified atom stereocenters. The lowest BCUT2D eigenvalue weighted by atomic mass is 9.88. The van der Waals surface area contributed by atoms with Gasteiger partial charge in [-0.15, -0.1) is 11.3 Å². The number of anilines is 1. The van der Waals surface area contributed by atoms with Crippen molar-refractivity contribution in [2.75, 3.05) is 11.9 Å². The first-order valence-corrected chi connectivity index (χ1v) is 10.9. The fourth-order valence-electron chi connectivity index (χ4n) is 3.54. The van der Waals surface area contributed by atoms with Crippen molar-refractivity contribution in [3.8, 4) is 10.6 Å². The van der Waals surface area contributed by atoms with Gasteiger partial charge in [0.1, 0.15) is 5.01 Å². The van der Waals surface area contributed by atoms with Crippen LogP contribution in [0.5, 0.6) is 0 Å². The molecule has 156 valence electrons. The molecule has 1 saturated heterocycles. The summed E-state index contributed by atoms with van der Waals surface area (Å²) in [5, 5.41) is 17.7. The van der Waals surface area contributed by atoms with Gasteiger partial charge in [-0.25, -0.2) is 15.0 Å². The summed E-state index contributed by atoms with van der Waals surface area (Å²) in [4.78, 5) is 26.7. The van der Waals surface area contributed by atoms with Crippen LogP contribution in [-0.4, -0.2) is 38.6 Å². The summed E-state index contributed by atoms with van der Waals surface area (Å²) in [6.45, 7) is 4.15. The minimum Gasteiger partial charge on any atom is -0.393 e. The third kappa shape index (κ3) is 4.30. The number of rotatable bonds is 6. The Balaban J connectivity index is 1.50. The molecule has 4 atom stereocenters. The third-order valence-electron chi connectivity index (χ3n) is 5.23. The van der Waals surface area contributed by atoms with Crippen LogP contribution in [0.25, 0.3) is 10.6 Å². The zero-order valence-electron chi connectivity index (χ0n) is 16.5. The van der Waals surface area contributed by atoms with E-state index in [4.69, 9.17) is 11.6 Å². The van der Waals surface area contributed by atoms with Gasteiger partial charge in [-0.2, -0.15) is 0 Å². The predicted octanol–water partition coefficient (Wildman–Crippen LogP) is 3.64. The molecule has 3 aromatic rings. The van der Waals surface area contributed by atoms with Gasteiger partial charge in [0.05, 0.1) is 23.8 Å². The van der Waals surface area contributed by atoms with Crippen LogP contribution in [0.3, 0.4) is 0 Å². The number of benzene rings is 1. The van der Waals surface area contributed by atoms with Crippen molar-refractivity contribution in [2.45, 2.75) is 31.9 Å². The maximum Gasteiger partial charge on any atom is 0.229 e. The highest BCUT2D eigenvalue weighted by Gasteiger charge is 2.39. The normalized spacial score (nSPS) is 20.6. The number of halogens is 1. The molecule has 0 bridgehead atoms. The molecule has 30 heavy (non-hydrogen) atoms. The molecule has 7 nitrogen and oxygen atoms in total. The standard InChI is InChI=1S/C21H22ClN5O2S/c1-11(17-10-25-20(30-17)13-3-5-14(22)6-4-13)26-21-23-8-7-16(27-21)18-15(12(2)28)9-24-19(18)29/h3-8,10-12,15,18,28H,9H2,1-2H3,(H,24,29)(H,23,26,27)/t11-,12+,15?,18+/m0/s1. The Morgan fingerprint density at radius 2 is 2.00 bits per heavy atom. The van der Waals surface area contributed by atoms with Gasteiger partial charge in [-0.1, -0.05) is 23.7 Å². The molecule has 2 aromatic heterocycles. The Morgan fingerprint density at radius 3 is 2.73 bits per heavy atom. The number of amides is 1. The second-order valence-corrected chi connectivity index (χ2v) is 8.87. The Bertz CT molecular complexity index is 1040. The number of aromatic nitrogens is 3. The fraction of sp³-hybridized carbons (Fsp3) is 0.333. The maximum absolute atomic E-state index is 12.3. The van der Waals surface area contributed by atoms with Gasteiger partial charge in [0.25, 0.3) is 0 Å². The lowest BCUT2D eigenvalue weighted by Gasteiger charge is -2.19. The van der Waals surface area contributed by atoms with Crippen LogP contribution >= 0.6 is 22.9 Å². The first kappa shape index (κ1) is 20.7. The van der Waals surface area contributed by atoms with Crippen molar-refractivity contribution in [1.82, 2.24) is 20.3 Å². The van der Waals surface area contributed by atoms with E-state index in [-0.39, 0.29) is 17.9 Å². The molecule has 1 fully saturated rings. The summed E-state index contributed by atoms with van der Waals surface area (Å²) >= 11 is 7.54. The van der Waals surface area contributed by atoms with Crippen LogP contribution in [0.15, 0.2) is 42.7 Å². The lowest BCUT2D eigenvalue weighted by molar-refractivity contribution is -0.121. The highest BCUT2D eigenvalue weighted by molar-refractivity contribution is 7.15. The Hall–Kier alpha value is -2.55. The number of carbonyl (C=O) groups is 1. The van der Waals surface area contributed by atoms with E-state index in [1.807, 2.05) is 37.4 Å². The van der Waals surface area contributed by atoms with Crippen molar-refractivity contribution < 1.29 is 9.90 Å². The lowest BCUT2D eigenvalue weighted by Crippen LogP contribution is -2.25. The second kappa shape index (κ2) is 8.67. The zero-order valence-corrected chi connectivity index (χ0v) is 18.1. The quantitative estimate of drug-likeness (QED) is 0.537. The van der Waals surface area contributed by atoms with E-state index in [9.17, 15) is 9.90 Å². The molecular formula is C21H22ClN5O2S. The van der Waals surface area contributed by atoms with E-state index in [1.165, 1.54) is 0 Å². The van der Waals surface area contributed by atoms with E-state index in [2.05, 4.69) is 25.6 Å². The Morgan fingerprint density at radius 1 is 1.23 bits per heavy atom. The minimum absolute atomic E-state index is 0.0660. The molecule has 3 heterocycles. The first-order valence-electron chi connectivity index (χ1n) is 9.69. The van der Waals surface area contributed by atoms with E-state index in [1.54, 1.807) is 30.5 Å². The zero-order chi connectivity index (χ0) is 21.3. The third-order valence-corrected chi connectivity index (χ3v) is 6.71. The highest BCUT2D eigenvalue weighted by Crippen LogP contribution is 2.32. The molecule has 1 amide bonds. The predicted molar refractivity (Wildman–Crippen MR) is 118 cm³/mol. The van der Waals surface area contributed by atoms with Crippen LogP contribution in [0.4, 0.5) is 5.95 Å². The summed E-state index contributed by atoms with van der Waals surface area (Å²) in [5.74, 6) is -0.371. The van der Waals surface area contributed by atoms with Crippen molar-refractivity contribution in [1.29, 1.82) is 0 Å². The molecule has 4 rings (SSSR count). The molecule has 0 aliphatic carbocycles. The molecule has 0 saturated carbocycles. The highest BCUT2D eigenvalue weighted by atomic mass is 35.5. The summed E-state index contributed by atoms with van der Waals surface area (Å²) in [5.41, 5.74) is 1.62. The Labute approximate surface area is 183 Å². The average molecular weight is 444 g/mol. The number of nitrogens with one attached hydrogen (secondary N) is 2. The molecule has 1 aliphatic heterocycles. The number of nitrogens with zero attached hydrogens (tertiary/aromatic N) is 3. The van der Waals surface area contributed by atoms with Crippen LogP contribution in [-0.2, 0) is 4.79 Å². The largest absolute Gasteiger partial charge is 0.393 e. The fourth-order valence-corrected chi connectivity index (χ4v) is 4.59. The van der Waals surface area contributed by atoms with E-state index >= 15 is 0 Å². The molecule has 0 spiro atoms. The minimum atomic E-state index is -0.609. The molecule has 9 heteroatoms. The van der Waals surface area contributed by atoms with Gasteiger partial charge in [-0.3, -0.25) is 4.79 Å². The summed E-state index contributed by atoms with van der Waals surface area (Å²) < 4.78 is 0. The van der Waals surface area contributed by atoms with Gasteiger partial charge < -0.3 is 15.7 Å². The van der Waals surface area contributed by atoms with E-state index < -0.39 is 12.0 Å². The number of aliphatic hydroxyl groups excluding tert-OH is 1. The molecule has 1 aliphatic rings. The van der Waals surface area contributed by atoms with Crippen molar-refractivity contribution in [3.63, 3.8) is 0 Å². The number of carbonyl (C=O) groups excluding carboxylic acids is 1. The van der Waals surface area contributed by atoms with Crippen LogP contribution < -0.4 is 10.6 Å². The van der Waals surface area contributed by atoms with Crippen molar-refractivity contribution >= 4 is 34.8 Å². The smallest absolute Gasteiger partial charge is 0.229 e. The average Bonchev–Trinajstić information content (AvgIpc) is 3.36. The SMILES string of the molecule is C[C@H](Nc1nccc([C@@H]2C(=O)NCC2[C@@H](C)O)n1)c1cnc(-c2ccc(Cl)cc2)s1. The molecule has 1 aromatic carbocycles. The number of hydrogen-bond acceptors (Lipinski definition) is 7. The monoisotopic (exact) mass is 443 g/mol. The molecule has 3 N–H and O–H groups in total. The van der Waals surface area contributed by atoms with Gasteiger partial charge in [0.2, 0.25) is 11.9 Å². The summed E-state index contributed by atoms with van der Waals surface area (Å²) in [7, 11) is 0. The van der Waals surface area contributed by atoms with Crippen LogP contribution in [0.2, 0.25) is 5.02 Å². The number of aliphatic hydroxyl groups is 1. The second-order valence-electron chi connectivity index (χ2n) is 7.37.